The summed E-state index contributed by atoms with van der Waals surface area (Å²) < 4.78 is 25.4. The topological polar surface area (TPSA) is 73.3 Å². The van der Waals surface area contributed by atoms with Crippen molar-refractivity contribution in [1.82, 2.24) is 9.97 Å². The predicted molar refractivity (Wildman–Crippen MR) is 126 cm³/mol. The van der Waals surface area contributed by atoms with Crippen molar-refractivity contribution in [3.8, 4) is 11.4 Å². The molecule has 6 nitrogen and oxygen atoms in total. The first-order valence-electron chi connectivity index (χ1n) is 9.89. The molecular weight excluding hydrogens is 465 g/mol. The van der Waals surface area contributed by atoms with E-state index in [-0.39, 0.29) is 18.4 Å². The van der Waals surface area contributed by atoms with Crippen LogP contribution in [0.25, 0.3) is 22.3 Å². The maximum absolute atomic E-state index is 13.1. The van der Waals surface area contributed by atoms with Gasteiger partial charge < -0.3 is 14.4 Å². The van der Waals surface area contributed by atoms with E-state index in [0.29, 0.717) is 5.82 Å². The molecule has 0 spiro atoms. The van der Waals surface area contributed by atoms with Crippen molar-refractivity contribution in [3.05, 3.63) is 52.5 Å². The van der Waals surface area contributed by atoms with E-state index in [9.17, 15) is 4.57 Å². The smallest absolute Gasteiger partial charge is 0.335 e. The lowest BCUT2D eigenvalue weighted by Crippen LogP contribution is -2.09. The average Bonchev–Trinajstić information content (AvgIpc) is 2.66. The number of halogens is 1. The summed E-state index contributed by atoms with van der Waals surface area (Å²) in [4.78, 5) is 9.37. The third-order valence-electron chi connectivity index (χ3n) is 4.23. The van der Waals surface area contributed by atoms with E-state index < -0.39 is 7.60 Å². The van der Waals surface area contributed by atoms with Crippen LogP contribution in [0.2, 0.25) is 0 Å². The number of hydrogen-bond donors (Lipinski definition) is 1. The molecule has 0 bridgehead atoms. The van der Waals surface area contributed by atoms with E-state index in [4.69, 9.17) is 14.0 Å². The Morgan fingerprint density at radius 3 is 2.20 bits per heavy atom. The van der Waals surface area contributed by atoms with Crippen LogP contribution in [0.4, 0.5) is 5.82 Å². The summed E-state index contributed by atoms with van der Waals surface area (Å²) in [5, 5.41) is 4.09. The van der Waals surface area contributed by atoms with Crippen molar-refractivity contribution in [3.63, 3.8) is 0 Å². The van der Waals surface area contributed by atoms with Gasteiger partial charge in [0.1, 0.15) is 5.82 Å². The summed E-state index contributed by atoms with van der Waals surface area (Å²) in [6, 6.07) is 13.6. The van der Waals surface area contributed by atoms with Gasteiger partial charge in [-0.2, -0.15) is 0 Å². The molecule has 3 aromatic rings. The average molecular weight is 492 g/mol. The van der Waals surface area contributed by atoms with Crippen molar-refractivity contribution in [2.24, 2.45) is 0 Å². The van der Waals surface area contributed by atoms with E-state index in [1.807, 2.05) is 77.2 Å². The molecule has 0 amide bonds. The number of hydrogen-bond acceptors (Lipinski definition) is 6. The fraction of sp³-hybridized carbons (Fsp3) is 0.364. The summed E-state index contributed by atoms with van der Waals surface area (Å²) >= 11 is 3.49. The van der Waals surface area contributed by atoms with Crippen molar-refractivity contribution < 1.29 is 13.6 Å². The predicted octanol–water partition coefficient (Wildman–Crippen LogP) is 6.64. The molecule has 2 aromatic carbocycles. The third-order valence-corrected chi connectivity index (χ3v) is 6.96. The molecule has 0 fully saturated rings. The van der Waals surface area contributed by atoms with Crippen LogP contribution in [0, 0.1) is 0 Å². The Kier molecular flexibility index (Phi) is 7.30. The molecule has 0 saturated carbocycles. The molecule has 0 saturated heterocycles. The molecule has 8 heteroatoms. The van der Waals surface area contributed by atoms with Gasteiger partial charge in [-0.25, -0.2) is 9.97 Å². The van der Waals surface area contributed by atoms with E-state index in [1.165, 1.54) is 0 Å². The fourth-order valence-corrected chi connectivity index (χ4v) is 5.65. The van der Waals surface area contributed by atoms with Crippen LogP contribution in [0.15, 0.2) is 46.9 Å². The van der Waals surface area contributed by atoms with Crippen molar-refractivity contribution in [2.75, 3.05) is 12.4 Å². The molecule has 1 aromatic heterocycles. The Morgan fingerprint density at radius 2 is 1.63 bits per heavy atom. The van der Waals surface area contributed by atoms with E-state index >= 15 is 0 Å². The highest BCUT2D eigenvalue weighted by Crippen LogP contribution is 2.53. The van der Waals surface area contributed by atoms with Crippen LogP contribution in [0.3, 0.4) is 0 Å². The van der Waals surface area contributed by atoms with E-state index in [2.05, 4.69) is 26.2 Å². The van der Waals surface area contributed by atoms with Crippen LogP contribution in [0.5, 0.6) is 0 Å². The molecule has 160 valence electrons. The maximum Gasteiger partial charge on any atom is 0.335 e. The van der Waals surface area contributed by atoms with Crippen LogP contribution in [-0.2, 0) is 19.8 Å². The van der Waals surface area contributed by atoms with Crippen molar-refractivity contribution in [2.45, 2.75) is 46.1 Å². The van der Waals surface area contributed by atoms with E-state index in [0.717, 1.165) is 32.3 Å². The minimum Gasteiger partial charge on any atom is -0.373 e. The van der Waals surface area contributed by atoms with E-state index in [1.54, 1.807) is 0 Å². The molecular formula is C22H27BrN3O3P. The molecule has 0 aliphatic carbocycles. The first-order valence-corrected chi connectivity index (χ1v) is 12.4. The molecule has 3 rings (SSSR count). The van der Waals surface area contributed by atoms with Crippen molar-refractivity contribution in [1.29, 1.82) is 0 Å². The minimum atomic E-state index is -3.24. The highest BCUT2D eigenvalue weighted by Gasteiger charge is 2.28. The highest BCUT2D eigenvalue weighted by atomic mass is 79.9. The first-order chi connectivity index (χ1) is 14.2. The summed E-state index contributed by atoms with van der Waals surface area (Å²) in [5.41, 5.74) is 2.61. The number of anilines is 1. The number of aromatic nitrogens is 2. The fourth-order valence-electron chi connectivity index (χ4n) is 3.14. The van der Waals surface area contributed by atoms with Crippen LogP contribution >= 0.6 is 23.5 Å². The molecule has 0 aliphatic rings. The quantitative estimate of drug-likeness (QED) is 0.355. The molecule has 0 aliphatic heterocycles. The Bertz CT molecular complexity index is 1060. The summed E-state index contributed by atoms with van der Waals surface area (Å²) in [7, 11) is -1.39. The largest absolute Gasteiger partial charge is 0.373 e. The number of nitrogens with one attached hydrogen (secondary N) is 1. The Labute approximate surface area is 186 Å². The van der Waals surface area contributed by atoms with Gasteiger partial charge in [-0.1, -0.05) is 40.2 Å². The Hall–Kier alpha value is -1.79. The standard InChI is InChI=1S/C22H27BrN3O3P/c1-14(2)28-30(27,29-15(3)4)13-16-6-8-17(9-7-16)21-25-20-11-10-18(23)12-19(20)22(24-5)26-21/h6-12,14-15H,13H2,1-5H3,(H,24,25,26). The molecule has 1 heterocycles. The molecule has 0 radical (unpaired) electrons. The van der Waals surface area contributed by atoms with Gasteiger partial charge in [-0.15, -0.1) is 0 Å². The van der Waals surface area contributed by atoms with Crippen molar-refractivity contribution >= 4 is 40.2 Å². The summed E-state index contributed by atoms with van der Waals surface area (Å²) in [6.07, 6.45) is -0.141. The monoisotopic (exact) mass is 491 g/mol. The minimum absolute atomic E-state index is 0.181. The zero-order valence-electron chi connectivity index (χ0n) is 17.8. The number of benzene rings is 2. The molecule has 30 heavy (non-hydrogen) atoms. The van der Waals surface area contributed by atoms with Gasteiger partial charge in [0.2, 0.25) is 0 Å². The van der Waals surface area contributed by atoms with Gasteiger partial charge in [-0.3, -0.25) is 4.57 Å². The lowest BCUT2D eigenvalue weighted by Gasteiger charge is -2.23. The zero-order valence-corrected chi connectivity index (χ0v) is 20.3. The molecule has 0 atom stereocenters. The molecule has 1 N–H and O–H groups in total. The Morgan fingerprint density at radius 1 is 1.00 bits per heavy atom. The number of fused-ring (bicyclic) bond motifs is 1. The van der Waals surface area contributed by atoms with Gasteiger partial charge in [0.05, 0.1) is 23.9 Å². The first kappa shape index (κ1) is 22.9. The van der Waals surface area contributed by atoms with Gasteiger partial charge in [0.25, 0.3) is 0 Å². The summed E-state index contributed by atoms with van der Waals surface area (Å²) in [5.74, 6) is 1.39. The number of rotatable bonds is 8. The lowest BCUT2D eigenvalue weighted by atomic mass is 10.1. The van der Waals surface area contributed by atoms with Gasteiger partial charge in [0.15, 0.2) is 5.82 Å². The van der Waals surface area contributed by atoms with Crippen LogP contribution < -0.4 is 5.32 Å². The lowest BCUT2D eigenvalue weighted by molar-refractivity contribution is 0.141. The second-order valence-electron chi connectivity index (χ2n) is 7.58. The third kappa shape index (κ3) is 5.67. The highest BCUT2D eigenvalue weighted by molar-refractivity contribution is 9.10. The maximum atomic E-state index is 13.1. The zero-order chi connectivity index (χ0) is 21.9. The van der Waals surface area contributed by atoms with Gasteiger partial charge in [-0.05, 0) is 51.5 Å². The molecule has 0 unspecified atom stereocenters. The SMILES string of the molecule is CNc1nc(-c2ccc(CP(=O)(OC(C)C)OC(C)C)cc2)nc2ccc(Br)cc12. The second kappa shape index (κ2) is 9.56. The van der Waals surface area contributed by atoms with Crippen LogP contribution in [-0.4, -0.2) is 29.2 Å². The Balaban J connectivity index is 1.90. The summed E-state index contributed by atoms with van der Waals surface area (Å²) in [6.45, 7) is 7.42. The normalized spacial score (nSPS) is 12.1. The van der Waals surface area contributed by atoms with Crippen LogP contribution in [0.1, 0.15) is 33.3 Å². The second-order valence-corrected chi connectivity index (χ2v) is 10.5. The number of nitrogens with zero attached hydrogens (tertiary/aromatic N) is 2. The van der Waals surface area contributed by atoms with Gasteiger partial charge >= 0.3 is 7.60 Å². The van der Waals surface area contributed by atoms with Gasteiger partial charge in [0, 0.05) is 22.5 Å².